The lowest BCUT2D eigenvalue weighted by Gasteiger charge is -2.34. The van der Waals surface area contributed by atoms with Gasteiger partial charge in [0.1, 0.15) is 0 Å². The molecule has 34 heavy (non-hydrogen) atoms. The van der Waals surface area contributed by atoms with Gasteiger partial charge in [0.25, 0.3) is 11.5 Å². The minimum Gasteiger partial charge on any atom is -0.353 e. The van der Waals surface area contributed by atoms with Crippen molar-refractivity contribution in [2.24, 2.45) is 0 Å². The zero-order valence-corrected chi connectivity index (χ0v) is 21.8. The Morgan fingerprint density at radius 2 is 1.85 bits per heavy atom. The maximum absolute atomic E-state index is 13.7. The number of fused-ring (bicyclic) bond motifs is 1. The van der Waals surface area contributed by atoms with Crippen molar-refractivity contribution in [3.8, 4) is 5.69 Å². The molecule has 178 valence electrons. The lowest BCUT2D eigenvalue weighted by molar-refractivity contribution is 0.0653. The molecule has 1 aliphatic heterocycles. The van der Waals surface area contributed by atoms with Crippen LogP contribution in [0.5, 0.6) is 0 Å². The maximum atomic E-state index is 13.7. The van der Waals surface area contributed by atoms with Crippen molar-refractivity contribution < 1.29 is 4.79 Å². The zero-order chi connectivity index (χ0) is 24.6. The van der Waals surface area contributed by atoms with Crippen LogP contribution in [-0.2, 0) is 13.0 Å². The zero-order valence-electron chi connectivity index (χ0n) is 19.4. The van der Waals surface area contributed by atoms with E-state index < -0.39 is 0 Å². The quantitative estimate of drug-likeness (QED) is 0.442. The number of amides is 1. The second kappa shape index (κ2) is 10.0. The average molecular weight is 517 g/mol. The van der Waals surface area contributed by atoms with Gasteiger partial charge in [-0.15, -0.1) is 11.8 Å². The van der Waals surface area contributed by atoms with Crippen LogP contribution in [0.3, 0.4) is 0 Å². The van der Waals surface area contributed by atoms with Gasteiger partial charge in [-0.05, 0) is 75.9 Å². The molecule has 1 unspecified atom stereocenters. The molecule has 4 rings (SSSR count). The van der Waals surface area contributed by atoms with Crippen LogP contribution >= 0.6 is 35.0 Å². The highest BCUT2D eigenvalue weighted by molar-refractivity contribution is 7.98. The number of thioether (sulfide) groups is 1. The van der Waals surface area contributed by atoms with Crippen LogP contribution in [0.2, 0.25) is 10.0 Å². The number of nitrogens with one attached hydrogen (secondary N) is 1. The molecule has 0 spiro atoms. The first-order chi connectivity index (χ1) is 16.2. The molecular weight excluding hydrogens is 491 g/mol. The van der Waals surface area contributed by atoms with Gasteiger partial charge >= 0.3 is 0 Å². The number of benzene rings is 2. The second-order valence-electron chi connectivity index (χ2n) is 8.61. The summed E-state index contributed by atoms with van der Waals surface area (Å²) in [5.41, 5.74) is 2.33. The third kappa shape index (κ3) is 4.83. The number of halogens is 2. The number of carbonyl (C=O) groups is 1. The Bertz CT molecular complexity index is 1290. The largest absolute Gasteiger partial charge is 0.353 e. The number of nitrogens with zero attached hydrogens (tertiary/aromatic N) is 3. The predicted molar refractivity (Wildman–Crippen MR) is 140 cm³/mol. The number of aromatic nitrogens is 2. The van der Waals surface area contributed by atoms with Crippen LogP contribution in [0.1, 0.15) is 42.4 Å². The third-order valence-electron chi connectivity index (χ3n) is 5.79. The van der Waals surface area contributed by atoms with Gasteiger partial charge in [-0.3, -0.25) is 9.59 Å². The van der Waals surface area contributed by atoms with E-state index in [1.165, 1.54) is 0 Å². The van der Waals surface area contributed by atoms with Crippen molar-refractivity contribution in [3.05, 3.63) is 79.7 Å². The molecule has 1 aliphatic rings. The van der Waals surface area contributed by atoms with Crippen molar-refractivity contribution in [1.82, 2.24) is 14.5 Å². The fourth-order valence-electron chi connectivity index (χ4n) is 4.05. The molecule has 9 heteroatoms. The molecule has 3 aromatic rings. The fraction of sp³-hybridized carbons (Fsp3) is 0.320. The van der Waals surface area contributed by atoms with Crippen LogP contribution in [0, 0.1) is 0 Å². The molecule has 0 saturated carbocycles. The molecule has 1 N–H and O–H groups in total. The van der Waals surface area contributed by atoms with Crippen LogP contribution in [0.25, 0.3) is 5.69 Å². The van der Waals surface area contributed by atoms with Crippen LogP contribution in [-0.4, -0.2) is 38.7 Å². The summed E-state index contributed by atoms with van der Waals surface area (Å²) in [4.78, 5) is 34.6. The topological polar surface area (TPSA) is 67.2 Å². The summed E-state index contributed by atoms with van der Waals surface area (Å²) in [5.74, 6) is 0.292. The van der Waals surface area contributed by atoms with E-state index in [0.717, 1.165) is 10.6 Å². The van der Waals surface area contributed by atoms with E-state index in [1.54, 1.807) is 39.4 Å². The van der Waals surface area contributed by atoms with Crippen molar-refractivity contribution in [2.45, 2.75) is 50.7 Å². The molecule has 2 heterocycles. The van der Waals surface area contributed by atoms with Crippen LogP contribution in [0.15, 0.2) is 52.2 Å². The Kier molecular flexibility index (Phi) is 7.26. The van der Waals surface area contributed by atoms with Crippen LogP contribution < -0.4 is 10.9 Å². The Hall–Kier alpha value is -2.48. The average Bonchev–Trinajstić information content (AvgIpc) is 2.80. The normalized spacial score (nSPS) is 15.4. The smallest absolute Gasteiger partial charge is 0.263 e. The summed E-state index contributed by atoms with van der Waals surface area (Å²) >= 11 is 13.8. The lowest BCUT2D eigenvalue weighted by Crippen LogP contribution is -2.46. The van der Waals surface area contributed by atoms with E-state index in [9.17, 15) is 9.59 Å². The molecule has 0 radical (unpaired) electrons. The van der Waals surface area contributed by atoms with Crippen molar-refractivity contribution in [2.75, 3.05) is 11.6 Å². The van der Waals surface area contributed by atoms with Gasteiger partial charge in [-0.1, -0.05) is 23.2 Å². The number of hydrogen-bond acceptors (Lipinski definition) is 5. The van der Waals surface area contributed by atoms with Gasteiger partial charge in [0.2, 0.25) is 5.95 Å². The summed E-state index contributed by atoms with van der Waals surface area (Å²) in [6.07, 6.45) is 2.43. The van der Waals surface area contributed by atoms with E-state index in [-0.39, 0.29) is 30.1 Å². The molecule has 1 amide bonds. The minimum atomic E-state index is -0.180. The molecule has 1 aromatic heterocycles. The standard InChI is InChI=1S/C25H26Cl2N4O2S/c1-14(2)28-25-29-22-13-30(23(32)16-5-10-20(26)21(27)12-16)15(3)11-19(22)24(33)31(25)17-6-8-18(34-4)9-7-17/h5-10,12,14-15H,11,13H2,1-4H3,(H,28,29). The molecule has 0 aliphatic carbocycles. The van der Waals surface area contributed by atoms with E-state index >= 15 is 0 Å². The number of carbonyl (C=O) groups excluding carboxylic acids is 1. The Morgan fingerprint density at radius 3 is 2.47 bits per heavy atom. The molecule has 0 bridgehead atoms. The maximum Gasteiger partial charge on any atom is 0.263 e. The van der Waals surface area contributed by atoms with Crippen molar-refractivity contribution >= 4 is 46.8 Å². The molecule has 0 saturated heterocycles. The molecule has 0 fully saturated rings. The lowest BCUT2D eigenvalue weighted by atomic mass is 9.98. The summed E-state index contributed by atoms with van der Waals surface area (Å²) in [6.45, 7) is 6.17. The fourth-order valence-corrected chi connectivity index (χ4v) is 4.76. The summed E-state index contributed by atoms with van der Waals surface area (Å²) < 4.78 is 1.63. The van der Waals surface area contributed by atoms with Crippen molar-refractivity contribution in [3.63, 3.8) is 0 Å². The first kappa shape index (κ1) is 24.6. The first-order valence-corrected chi connectivity index (χ1v) is 13.0. The van der Waals surface area contributed by atoms with Gasteiger partial charge in [-0.25, -0.2) is 9.55 Å². The Balaban J connectivity index is 1.76. The highest BCUT2D eigenvalue weighted by atomic mass is 35.5. The number of anilines is 1. The predicted octanol–water partition coefficient (Wildman–Crippen LogP) is 5.67. The molecule has 6 nitrogen and oxygen atoms in total. The Morgan fingerprint density at radius 1 is 1.15 bits per heavy atom. The highest BCUT2D eigenvalue weighted by Crippen LogP contribution is 2.28. The molecular formula is C25H26Cl2N4O2S. The monoisotopic (exact) mass is 516 g/mol. The summed E-state index contributed by atoms with van der Waals surface area (Å²) in [6, 6.07) is 12.6. The van der Waals surface area contributed by atoms with Crippen LogP contribution in [0.4, 0.5) is 5.95 Å². The molecule has 1 atom stereocenters. The minimum absolute atomic E-state index is 0.0677. The van der Waals surface area contributed by atoms with Gasteiger partial charge in [-0.2, -0.15) is 0 Å². The Labute approximate surface area is 213 Å². The highest BCUT2D eigenvalue weighted by Gasteiger charge is 2.32. The van der Waals surface area contributed by atoms with Gasteiger partial charge in [0.15, 0.2) is 0 Å². The van der Waals surface area contributed by atoms with E-state index in [4.69, 9.17) is 28.2 Å². The summed E-state index contributed by atoms with van der Waals surface area (Å²) in [5, 5.41) is 4.03. The van der Waals surface area contributed by atoms with E-state index in [2.05, 4.69) is 5.32 Å². The molecule has 2 aromatic carbocycles. The third-order valence-corrected chi connectivity index (χ3v) is 7.27. The number of rotatable bonds is 5. The van der Waals surface area contributed by atoms with Gasteiger partial charge in [0, 0.05) is 28.1 Å². The van der Waals surface area contributed by atoms with E-state index in [0.29, 0.717) is 39.2 Å². The van der Waals surface area contributed by atoms with E-state index in [1.807, 2.05) is 51.3 Å². The van der Waals surface area contributed by atoms with Crippen molar-refractivity contribution in [1.29, 1.82) is 0 Å². The second-order valence-corrected chi connectivity index (χ2v) is 10.3. The summed E-state index contributed by atoms with van der Waals surface area (Å²) in [7, 11) is 0. The SMILES string of the molecule is CSc1ccc(-n2c(NC(C)C)nc3c(c2=O)CC(C)N(C(=O)c2ccc(Cl)c(Cl)c2)C3)cc1. The first-order valence-electron chi connectivity index (χ1n) is 11.0. The number of hydrogen-bond donors (Lipinski definition) is 1. The van der Waals surface area contributed by atoms with Gasteiger partial charge < -0.3 is 10.2 Å². The van der Waals surface area contributed by atoms with Gasteiger partial charge in [0.05, 0.1) is 28.0 Å².